The number of nitrogens with zero attached hydrogens (tertiary/aromatic N) is 2. The van der Waals surface area contributed by atoms with Crippen LogP contribution in [-0.4, -0.2) is 31.1 Å². The monoisotopic (exact) mass is 400 g/mol. The molecule has 2 N–H and O–H groups in total. The number of thiophene rings is 1. The highest BCUT2D eigenvalue weighted by Gasteiger charge is 2.02. The minimum Gasteiger partial charge on any atom is -0.356 e. The summed E-state index contributed by atoms with van der Waals surface area (Å²) in [5, 5.41) is 7.86. The van der Waals surface area contributed by atoms with Crippen molar-refractivity contribution in [3.63, 3.8) is 0 Å². The number of aliphatic imine (C=N–C) groups is 1. The molecule has 0 saturated carbocycles. The summed E-state index contributed by atoms with van der Waals surface area (Å²) in [5.74, 6) is 0.850. The van der Waals surface area contributed by atoms with Crippen LogP contribution >= 0.6 is 38.6 Å². The Balaban J connectivity index is 1.66. The van der Waals surface area contributed by atoms with Crippen molar-refractivity contribution in [2.75, 3.05) is 20.1 Å². The Labute approximate surface area is 148 Å². The largest absolute Gasteiger partial charge is 0.356 e. The molecule has 2 heterocycles. The number of aryl methyl sites for hydroxylation is 1. The van der Waals surface area contributed by atoms with E-state index < -0.39 is 0 Å². The van der Waals surface area contributed by atoms with E-state index in [9.17, 15) is 0 Å². The highest BCUT2D eigenvalue weighted by Crippen LogP contribution is 2.22. The van der Waals surface area contributed by atoms with E-state index in [4.69, 9.17) is 0 Å². The molecule has 0 aliphatic carbocycles. The van der Waals surface area contributed by atoms with Crippen LogP contribution in [0.15, 0.2) is 27.1 Å². The van der Waals surface area contributed by atoms with Crippen molar-refractivity contribution in [2.24, 2.45) is 4.99 Å². The minimum absolute atomic E-state index is 0.848. The van der Waals surface area contributed by atoms with E-state index in [0.29, 0.717) is 0 Å². The first-order chi connectivity index (χ1) is 10.7. The summed E-state index contributed by atoms with van der Waals surface area (Å²) in [6.45, 7) is 3.89. The van der Waals surface area contributed by atoms with Gasteiger partial charge in [-0.25, -0.2) is 4.98 Å². The van der Waals surface area contributed by atoms with Gasteiger partial charge in [-0.15, -0.1) is 22.7 Å². The highest BCUT2D eigenvalue weighted by molar-refractivity contribution is 9.11. The standard InChI is InChI=1S/C15H21BrN4S2/c1-3-11-10-20-14(22-11)7-9-19-15(17-2)18-8-6-12-4-5-13(16)21-12/h4-5,10H,3,6-9H2,1-2H3,(H2,17,18,19). The van der Waals surface area contributed by atoms with Crippen molar-refractivity contribution in [2.45, 2.75) is 26.2 Å². The second kappa shape index (κ2) is 9.27. The molecule has 0 aliphatic heterocycles. The molecular weight excluding hydrogens is 380 g/mol. The van der Waals surface area contributed by atoms with Crippen molar-refractivity contribution in [3.05, 3.63) is 36.9 Å². The van der Waals surface area contributed by atoms with Crippen LogP contribution in [-0.2, 0) is 19.3 Å². The Kier molecular flexibility index (Phi) is 7.35. The number of aromatic nitrogens is 1. The van der Waals surface area contributed by atoms with E-state index >= 15 is 0 Å². The maximum atomic E-state index is 4.43. The number of hydrogen-bond acceptors (Lipinski definition) is 4. The highest BCUT2D eigenvalue weighted by atomic mass is 79.9. The van der Waals surface area contributed by atoms with Crippen molar-refractivity contribution in [1.29, 1.82) is 0 Å². The van der Waals surface area contributed by atoms with Crippen LogP contribution < -0.4 is 10.6 Å². The molecular formula is C15H21BrN4S2. The predicted molar refractivity (Wildman–Crippen MR) is 100 cm³/mol. The molecule has 2 aromatic heterocycles. The molecule has 0 saturated heterocycles. The van der Waals surface area contributed by atoms with E-state index in [0.717, 1.165) is 38.3 Å². The molecule has 0 bridgehead atoms. The number of rotatable bonds is 7. The van der Waals surface area contributed by atoms with Crippen LogP contribution in [0.2, 0.25) is 0 Å². The summed E-state index contributed by atoms with van der Waals surface area (Å²) < 4.78 is 1.18. The predicted octanol–water partition coefficient (Wildman–Crippen LogP) is 3.48. The average Bonchev–Trinajstić information content (AvgIpc) is 3.14. The van der Waals surface area contributed by atoms with Gasteiger partial charge in [-0.2, -0.15) is 0 Å². The van der Waals surface area contributed by atoms with Gasteiger partial charge in [0.2, 0.25) is 0 Å². The van der Waals surface area contributed by atoms with Gasteiger partial charge in [-0.1, -0.05) is 6.92 Å². The molecule has 2 rings (SSSR count). The molecule has 0 radical (unpaired) electrons. The van der Waals surface area contributed by atoms with Crippen molar-refractivity contribution >= 4 is 44.6 Å². The number of hydrogen-bond donors (Lipinski definition) is 2. The van der Waals surface area contributed by atoms with Crippen LogP contribution in [0.25, 0.3) is 0 Å². The third-order valence-corrected chi connectivity index (χ3v) is 5.98. The van der Waals surface area contributed by atoms with E-state index in [1.165, 1.54) is 18.5 Å². The Morgan fingerprint density at radius 3 is 2.55 bits per heavy atom. The van der Waals surface area contributed by atoms with E-state index in [1.807, 2.05) is 6.20 Å². The first-order valence-corrected chi connectivity index (χ1v) is 9.76. The van der Waals surface area contributed by atoms with E-state index in [1.54, 1.807) is 29.7 Å². The maximum Gasteiger partial charge on any atom is 0.191 e. The van der Waals surface area contributed by atoms with Crippen molar-refractivity contribution < 1.29 is 0 Å². The van der Waals surface area contributed by atoms with Crippen LogP contribution in [0.5, 0.6) is 0 Å². The Hall–Kier alpha value is -0.920. The summed E-state index contributed by atoms with van der Waals surface area (Å²) in [6, 6.07) is 4.24. The molecule has 0 fully saturated rings. The quantitative estimate of drug-likeness (QED) is 0.552. The fourth-order valence-corrected chi connectivity index (χ4v) is 4.27. The molecule has 7 heteroatoms. The lowest BCUT2D eigenvalue weighted by atomic mass is 10.3. The number of thiazole rings is 1. The van der Waals surface area contributed by atoms with Gasteiger partial charge in [-0.3, -0.25) is 4.99 Å². The van der Waals surface area contributed by atoms with E-state index in [2.05, 4.69) is 55.6 Å². The number of guanidine groups is 1. The van der Waals surface area contributed by atoms with Crippen LogP contribution in [0.1, 0.15) is 21.7 Å². The number of nitrogens with one attached hydrogen (secondary N) is 2. The Morgan fingerprint density at radius 1 is 1.18 bits per heavy atom. The lowest BCUT2D eigenvalue weighted by Crippen LogP contribution is -2.39. The molecule has 0 amide bonds. The molecule has 120 valence electrons. The fraction of sp³-hybridized carbons (Fsp3) is 0.467. The van der Waals surface area contributed by atoms with Gasteiger partial charge in [-0.05, 0) is 40.9 Å². The minimum atomic E-state index is 0.848. The van der Waals surface area contributed by atoms with Crippen LogP contribution in [0.4, 0.5) is 0 Å². The zero-order valence-corrected chi connectivity index (χ0v) is 16.1. The lowest BCUT2D eigenvalue weighted by molar-refractivity contribution is 0.785. The Morgan fingerprint density at radius 2 is 1.95 bits per heavy atom. The summed E-state index contributed by atoms with van der Waals surface area (Å²) in [4.78, 5) is 11.4. The first kappa shape index (κ1) is 17.4. The lowest BCUT2D eigenvalue weighted by Gasteiger charge is -2.10. The molecule has 0 spiro atoms. The molecule has 0 unspecified atom stereocenters. The average molecular weight is 401 g/mol. The second-order valence-corrected chi connectivity index (χ2v) is 8.45. The van der Waals surface area contributed by atoms with Crippen molar-refractivity contribution in [1.82, 2.24) is 15.6 Å². The van der Waals surface area contributed by atoms with Gasteiger partial charge >= 0.3 is 0 Å². The normalized spacial score (nSPS) is 11.7. The first-order valence-electron chi connectivity index (χ1n) is 7.33. The van der Waals surface area contributed by atoms with Gasteiger partial charge in [0.05, 0.1) is 8.79 Å². The summed E-state index contributed by atoms with van der Waals surface area (Å²) in [7, 11) is 1.80. The van der Waals surface area contributed by atoms with Crippen molar-refractivity contribution in [3.8, 4) is 0 Å². The number of halogens is 1. The SMILES string of the molecule is CCc1cnc(CCNC(=NC)NCCc2ccc(Br)s2)s1. The smallest absolute Gasteiger partial charge is 0.191 e. The maximum absolute atomic E-state index is 4.43. The molecule has 22 heavy (non-hydrogen) atoms. The molecule has 2 aromatic rings. The van der Waals surface area contributed by atoms with Gasteiger partial charge in [0, 0.05) is 42.5 Å². The summed E-state index contributed by atoms with van der Waals surface area (Å²) in [5.41, 5.74) is 0. The third kappa shape index (κ3) is 5.70. The molecule has 0 aliphatic rings. The van der Waals surface area contributed by atoms with Crippen LogP contribution in [0, 0.1) is 0 Å². The van der Waals surface area contributed by atoms with Gasteiger partial charge in [0.1, 0.15) is 0 Å². The molecule has 0 aromatic carbocycles. The van der Waals surface area contributed by atoms with Gasteiger partial charge in [0.25, 0.3) is 0 Å². The van der Waals surface area contributed by atoms with E-state index in [-0.39, 0.29) is 0 Å². The molecule has 0 atom stereocenters. The topological polar surface area (TPSA) is 49.3 Å². The second-order valence-electron chi connectivity index (χ2n) is 4.71. The fourth-order valence-electron chi connectivity index (χ4n) is 1.93. The van der Waals surface area contributed by atoms with Crippen LogP contribution in [0.3, 0.4) is 0 Å². The van der Waals surface area contributed by atoms with Gasteiger partial charge < -0.3 is 10.6 Å². The molecule has 4 nitrogen and oxygen atoms in total. The summed E-state index contributed by atoms with van der Waals surface area (Å²) in [6.07, 6.45) is 4.98. The zero-order valence-electron chi connectivity index (χ0n) is 12.9. The summed E-state index contributed by atoms with van der Waals surface area (Å²) >= 11 is 7.06. The Bertz CT molecular complexity index is 606. The zero-order chi connectivity index (χ0) is 15.8. The third-order valence-electron chi connectivity index (χ3n) is 3.10. The van der Waals surface area contributed by atoms with Gasteiger partial charge in [0.15, 0.2) is 5.96 Å².